The summed E-state index contributed by atoms with van der Waals surface area (Å²) in [6.45, 7) is 0. The number of hydrogen-bond acceptors (Lipinski definition) is 4. The Bertz CT molecular complexity index is 963. The van der Waals surface area contributed by atoms with Crippen LogP contribution in [-0.2, 0) is 4.74 Å². The van der Waals surface area contributed by atoms with Crippen molar-refractivity contribution in [3.8, 4) is 16.9 Å². The third-order valence-corrected chi connectivity index (χ3v) is 4.65. The summed E-state index contributed by atoms with van der Waals surface area (Å²) >= 11 is 6.57. The number of ether oxygens (including phenoxy) is 2. The molecule has 27 heavy (non-hydrogen) atoms. The van der Waals surface area contributed by atoms with Gasteiger partial charge in [-0.2, -0.15) is 0 Å². The largest absolute Gasteiger partial charge is 0.496 e. The van der Waals surface area contributed by atoms with E-state index in [2.05, 4.69) is 4.98 Å². The number of benzene rings is 2. The lowest BCUT2D eigenvalue weighted by Crippen LogP contribution is -2.11. The molecule has 0 bridgehead atoms. The van der Waals surface area contributed by atoms with Gasteiger partial charge in [-0.1, -0.05) is 42.5 Å². The first-order valence-corrected chi connectivity index (χ1v) is 8.61. The van der Waals surface area contributed by atoms with Crippen LogP contribution in [0.5, 0.6) is 5.75 Å². The second kappa shape index (κ2) is 8.18. The smallest absolute Gasteiger partial charge is 0.356 e. The van der Waals surface area contributed by atoms with Crippen molar-refractivity contribution in [3.05, 3.63) is 83.4 Å². The monoisotopic (exact) mass is 385 g/mol. The van der Waals surface area contributed by atoms with Crippen molar-refractivity contribution in [2.75, 3.05) is 14.2 Å². The Kier molecular flexibility index (Phi) is 5.72. The van der Waals surface area contributed by atoms with Gasteiger partial charge in [0.1, 0.15) is 11.6 Å². The number of carbonyl (C=O) groups is 1. The van der Waals surface area contributed by atoms with E-state index in [-0.39, 0.29) is 11.3 Å². The SMILES string of the molecule is COC(=O)c1ncccc1C(Cl)c1ccc(OC)c(-c2ccccc2)c1F. The summed E-state index contributed by atoms with van der Waals surface area (Å²) in [4.78, 5) is 16.0. The molecule has 0 amide bonds. The molecule has 0 aliphatic heterocycles. The maximum Gasteiger partial charge on any atom is 0.356 e. The number of aromatic nitrogens is 1. The highest BCUT2D eigenvalue weighted by Gasteiger charge is 2.26. The maximum absolute atomic E-state index is 15.5. The molecule has 0 radical (unpaired) electrons. The average molecular weight is 386 g/mol. The third-order valence-electron chi connectivity index (χ3n) is 4.18. The normalized spacial score (nSPS) is 11.7. The molecule has 1 heterocycles. The third kappa shape index (κ3) is 3.64. The van der Waals surface area contributed by atoms with Gasteiger partial charge in [-0.25, -0.2) is 14.2 Å². The number of pyridine rings is 1. The van der Waals surface area contributed by atoms with E-state index in [0.717, 1.165) is 0 Å². The second-order valence-electron chi connectivity index (χ2n) is 5.71. The Labute approximate surface area is 161 Å². The molecule has 1 atom stereocenters. The first kappa shape index (κ1) is 18.9. The first-order chi connectivity index (χ1) is 13.1. The summed E-state index contributed by atoms with van der Waals surface area (Å²) in [5, 5.41) is -0.929. The molecule has 1 unspecified atom stereocenters. The molecule has 138 valence electrons. The predicted octanol–water partition coefficient (Wildman–Crippen LogP) is 5.01. The molecule has 6 heteroatoms. The maximum atomic E-state index is 15.5. The highest BCUT2D eigenvalue weighted by atomic mass is 35.5. The molecular weight excluding hydrogens is 369 g/mol. The fourth-order valence-corrected chi connectivity index (χ4v) is 3.22. The fourth-order valence-electron chi connectivity index (χ4n) is 2.87. The topological polar surface area (TPSA) is 48.4 Å². The quantitative estimate of drug-likeness (QED) is 0.457. The van der Waals surface area contributed by atoms with Crippen LogP contribution in [0.1, 0.15) is 27.0 Å². The Hall–Kier alpha value is -2.92. The van der Waals surface area contributed by atoms with E-state index in [4.69, 9.17) is 21.1 Å². The van der Waals surface area contributed by atoms with Gasteiger partial charge in [0.2, 0.25) is 0 Å². The number of carbonyl (C=O) groups excluding carboxylic acids is 1. The average Bonchev–Trinajstić information content (AvgIpc) is 2.73. The minimum absolute atomic E-state index is 0.0523. The van der Waals surface area contributed by atoms with Gasteiger partial charge < -0.3 is 9.47 Å². The molecule has 0 N–H and O–H groups in total. The van der Waals surface area contributed by atoms with Crippen molar-refractivity contribution >= 4 is 17.6 Å². The van der Waals surface area contributed by atoms with Gasteiger partial charge in [0.25, 0.3) is 0 Å². The van der Waals surface area contributed by atoms with Gasteiger partial charge in [-0.15, -0.1) is 11.6 Å². The van der Waals surface area contributed by atoms with Gasteiger partial charge in [0.15, 0.2) is 5.69 Å². The van der Waals surface area contributed by atoms with E-state index >= 15 is 4.39 Å². The van der Waals surface area contributed by atoms with Gasteiger partial charge in [0.05, 0.1) is 25.2 Å². The minimum atomic E-state index is -0.929. The van der Waals surface area contributed by atoms with Crippen LogP contribution < -0.4 is 4.74 Å². The first-order valence-electron chi connectivity index (χ1n) is 8.17. The van der Waals surface area contributed by atoms with Gasteiger partial charge in [0, 0.05) is 17.3 Å². The highest BCUT2D eigenvalue weighted by Crippen LogP contribution is 2.40. The van der Waals surface area contributed by atoms with E-state index < -0.39 is 17.2 Å². The van der Waals surface area contributed by atoms with E-state index in [1.807, 2.05) is 18.2 Å². The zero-order valence-corrected chi connectivity index (χ0v) is 15.5. The number of alkyl halides is 1. The molecular formula is C21H17ClFNO3. The van der Waals surface area contributed by atoms with Crippen molar-refractivity contribution in [1.82, 2.24) is 4.98 Å². The zero-order chi connectivity index (χ0) is 19.4. The zero-order valence-electron chi connectivity index (χ0n) is 14.8. The Morgan fingerprint density at radius 1 is 1.04 bits per heavy atom. The van der Waals surface area contributed by atoms with Crippen LogP contribution in [0.2, 0.25) is 0 Å². The summed E-state index contributed by atoms with van der Waals surface area (Å²) < 4.78 is 25.5. The summed E-state index contributed by atoms with van der Waals surface area (Å²) in [5.41, 5.74) is 1.61. The van der Waals surface area contributed by atoms with Crippen molar-refractivity contribution in [3.63, 3.8) is 0 Å². The van der Waals surface area contributed by atoms with Crippen molar-refractivity contribution in [2.45, 2.75) is 5.38 Å². The van der Waals surface area contributed by atoms with Crippen LogP contribution in [0.15, 0.2) is 60.8 Å². The molecule has 0 saturated heterocycles. The molecule has 0 saturated carbocycles. The van der Waals surface area contributed by atoms with Crippen molar-refractivity contribution in [2.24, 2.45) is 0 Å². The predicted molar refractivity (Wildman–Crippen MR) is 102 cm³/mol. The van der Waals surface area contributed by atoms with Crippen LogP contribution in [0.25, 0.3) is 11.1 Å². The summed E-state index contributed by atoms with van der Waals surface area (Å²) in [5.74, 6) is -0.751. The van der Waals surface area contributed by atoms with E-state index in [1.54, 1.807) is 36.4 Å². The summed E-state index contributed by atoms with van der Waals surface area (Å²) in [6.07, 6.45) is 1.46. The number of methoxy groups -OCH3 is 2. The molecule has 0 fully saturated rings. The minimum Gasteiger partial charge on any atom is -0.496 e. The highest BCUT2D eigenvalue weighted by molar-refractivity contribution is 6.23. The molecule has 1 aromatic heterocycles. The molecule has 3 rings (SSSR count). The number of rotatable bonds is 5. The van der Waals surface area contributed by atoms with E-state index in [0.29, 0.717) is 22.4 Å². The molecule has 4 nitrogen and oxygen atoms in total. The lowest BCUT2D eigenvalue weighted by atomic mass is 9.96. The van der Waals surface area contributed by atoms with Crippen LogP contribution >= 0.6 is 11.6 Å². The standard InChI is InChI=1S/C21H17ClFNO3/c1-26-16-11-10-14(19(23)17(16)13-7-4-3-5-8-13)18(22)15-9-6-12-24-20(15)21(25)27-2/h3-12,18H,1-2H3. The van der Waals surface area contributed by atoms with Gasteiger partial charge in [-0.05, 0) is 17.7 Å². The molecule has 0 aliphatic rings. The van der Waals surface area contributed by atoms with Gasteiger partial charge in [-0.3, -0.25) is 0 Å². The Morgan fingerprint density at radius 2 is 1.78 bits per heavy atom. The summed E-state index contributed by atoms with van der Waals surface area (Å²) in [7, 11) is 2.74. The van der Waals surface area contributed by atoms with Crippen LogP contribution in [0.3, 0.4) is 0 Å². The Morgan fingerprint density at radius 3 is 2.44 bits per heavy atom. The number of nitrogens with zero attached hydrogens (tertiary/aromatic N) is 1. The van der Waals surface area contributed by atoms with E-state index in [9.17, 15) is 4.79 Å². The molecule has 3 aromatic rings. The van der Waals surface area contributed by atoms with Crippen LogP contribution in [0.4, 0.5) is 4.39 Å². The molecule has 0 spiro atoms. The van der Waals surface area contributed by atoms with Crippen molar-refractivity contribution in [1.29, 1.82) is 0 Å². The lowest BCUT2D eigenvalue weighted by Gasteiger charge is -2.18. The fraction of sp³-hybridized carbons (Fsp3) is 0.143. The lowest BCUT2D eigenvalue weighted by molar-refractivity contribution is 0.0592. The number of hydrogen-bond donors (Lipinski definition) is 0. The molecule has 0 aliphatic carbocycles. The number of esters is 1. The number of halogens is 2. The van der Waals surface area contributed by atoms with Crippen molar-refractivity contribution < 1.29 is 18.7 Å². The van der Waals surface area contributed by atoms with Crippen LogP contribution in [-0.4, -0.2) is 25.2 Å². The van der Waals surface area contributed by atoms with E-state index in [1.165, 1.54) is 20.4 Å². The molecule has 2 aromatic carbocycles. The van der Waals surface area contributed by atoms with Gasteiger partial charge >= 0.3 is 5.97 Å². The second-order valence-corrected chi connectivity index (χ2v) is 6.14. The Balaban J connectivity index is 2.15. The van der Waals surface area contributed by atoms with Crippen LogP contribution in [0, 0.1) is 5.82 Å². The summed E-state index contributed by atoms with van der Waals surface area (Å²) in [6, 6.07) is 15.5.